The van der Waals surface area contributed by atoms with Crippen LogP contribution in [0.3, 0.4) is 0 Å². The zero-order valence-electron chi connectivity index (χ0n) is 12.2. The van der Waals surface area contributed by atoms with Gasteiger partial charge in [-0.05, 0) is 37.3 Å². The van der Waals surface area contributed by atoms with Crippen LogP contribution in [-0.4, -0.2) is 30.6 Å². The molecule has 3 heteroatoms. The summed E-state index contributed by atoms with van der Waals surface area (Å²) >= 11 is 6.14. The Bertz CT molecular complexity index is 407. The summed E-state index contributed by atoms with van der Waals surface area (Å²) in [6.45, 7) is 10.3. The number of halogens is 1. The SMILES string of the molecule is CC1CC(C)C(C)N(CCNc2ccccc2Cl)C1. The Hall–Kier alpha value is -0.730. The summed E-state index contributed by atoms with van der Waals surface area (Å²) in [6, 6.07) is 8.63. The van der Waals surface area contributed by atoms with Crippen LogP contribution in [0.4, 0.5) is 5.69 Å². The number of rotatable bonds is 4. The van der Waals surface area contributed by atoms with Crippen molar-refractivity contribution in [3.05, 3.63) is 29.3 Å². The third-order valence-electron chi connectivity index (χ3n) is 4.31. The number of nitrogens with zero attached hydrogens (tertiary/aromatic N) is 1. The molecular formula is C16H25ClN2. The van der Waals surface area contributed by atoms with Gasteiger partial charge in [0.15, 0.2) is 0 Å². The summed E-state index contributed by atoms with van der Waals surface area (Å²) in [5.41, 5.74) is 1.04. The van der Waals surface area contributed by atoms with Gasteiger partial charge in [0.1, 0.15) is 0 Å². The largest absolute Gasteiger partial charge is 0.383 e. The Balaban J connectivity index is 1.83. The van der Waals surface area contributed by atoms with Crippen molar-refractivity contribution in [3.8, 4) is 0 Å². The topological polar surface area (TPSA) is 15.3 Å². The van der Waals surface area contributed by atoms with Crippen LogP contribution in [0.15, 0.2) is 24.3 Å². The van der Waals surface area contributed by atoms with Crippen LogP contribution < -0.4 is 5.32 Å². The first-order valence-electron chi connectivity index (χ1n) is 7.30. The molecule has 3 unspecified atom stereocenters. The molecular weight excluding hydrogens is 256 g/mol. The Morgan fingerprint density at radius 2 is 2.00 bits per heavy atom. The van der Waals surface area contributed by atoms with Crippen LogP contribution in [-0.2, 0) is 0 Å². The first kappa shape index (κ1) is 14.7. The number of hydrogen-bond donors (Lipinski definition) is 1. The van der Waals surface area contributed by atoms with E-state index < -0.39 is 0 Å². The summed E-state index contributed by atoms with van der Waals surface area (Å²) in [7, 11) is 0. The maximum atomic E-state index is 6.14. The molecule has 0 aromatic heterocycles. The normalized spacial score (nSPS) is 28.3. The molecule has 1 aromatic carbocycles. The standard InChI is InChI=1S/C16H25ClN2/c1-12-10-13(2)14(3)19(11-12)9-8-18-16-7-5-4-6-15(16)17/h4-7,12-14,18H,8-11H2,1-3H3. The van der Waals surface area contributed by atoms with E-state index in [0.29, 0.717) is 6.04 Å². The summed E-state index contributed by atoms with van der Waals surface area (Å²) in [4.78, 5) is 2.60. The lowest BCUT2D eigenvalue weighted by molar-refractivity contribution is 0.0839. The van der Waals surface area contributed by atoms with Gasteiger partial charge >= 0.3 is 0 Å². The zero-order valence-corrected chi connectivity index (χ0v) is 13.0. The van der Waals surface area contributed by atoms with Crippen LogP contribution in [0, 0.1) is 11.8 Å². The second kappa shape index (κ2) is 6.62. The number of likely N-dealkylation sites (tertiary alicyclic amines) is 1. The lowest BCUT2D eigenvalue weighted by Crippen LogP contribution is -2.47. The van der Waals surface area contributed by atoms with Gasteiger partial charge in [0.25, 0.3) is 0 Å². The van der Waals surface area contributed by atoms with Gasteiger partial charge in [0.2, 0.25) is 0 Å². The van der Waals surface area contributed by atoms with Gasteiger partial charge < -0.3 is 5.32 Å². The molecule has 0 saturated carbocycles. The fraction of sp³-hybridized carbons (Fsp3) is 0.625. The first-order valence-corrected chi connectivity index (χ1v) is 7.68. The van der Waals surface area contributed by atoms with E-state index in [-0.39, 0.29) is 0 Å². The molecule has 1 heterocycles. The lowest BCUT2D eigenvalue weighted by Gasteiger charge is -2.41. The molecule has 106 valence electrons. The van der Waals surface area contributed by atoms with Gasteiger partial charge in [-0.15, -0.1) is 0 Å². The van der Waals surface area contributed by atoms with Crippen LogP contribution in [0.5, 0.6) is 0 Å². The van der Waals surface area contributed by atoms with Crippen LogP contribution in [0.1, 0.15) is 27.2 Å². The van der Waals surface area contributed by atoms with E-state index in [2.05, 4.69) is 31.0 Å². The molecule has 0 spiro atoms. The minimum absolute atomic E-state index is 0.684. The van der Waals surface area contributed by atoms with Gasteiger partial charge in [0.05, 0.1) is 10.7 Å². The third kappa shape index (κ3) is 3.87. The Morgan fingerprint density at radius 3 is 2.74 bits per heavy atom. The van der Waals surface area contributed by atoms with Crippen LogP contribution in [0.25, 0.3) is 0 Å². The molecule has 0 bridgehead atoms. The molecule has 2 nitrogen and oxygen atoms in total. The van der Waals surface area contributed by atoms with Crippen molar-refractivity contribution >= 4 is 17.3 Å². The number of para-hydroxylation sites is 1. The Labute approximate surface area is 122 Å². The monoisotopic (exact) mass is 280 g/mol. The average Bonchev–Trinajstić information content (AvgIpc) is 2.37. The number of nitrogens with one attached hydrogen (secondary N) is 1. The second-order valence-electron chi connectivity index (χ2n) is 5.96. The summed E-state index contributed by atoms with van der Waals surface area (Å²) in [5.74, 6) is 1.61. The second-order valence-corrected chi connectivity index (χ2v) is 6.37. The molecule has 0 radical (unpaired) electrons. The molecule has 0 aliphatic carbocycles. The highest BCUT2D eigenvalue weighted by atomic mass is 35.5. The van der Waals surface area contributed by atoms with Crippen LogP contribution in [0.2, 0.25) is 5.02 Å². The van der Waals surface area contributed by atoms with Crippen molar-refractivity contribution in [2.75, 3.05) is 25.0 Å². The van der Waals surface area contributed by atoms with E-state index in [1.807, 2.05) is 24.3 Å². The molecule has 1 N–H and O–H groups in total. The highest BCUT2D eigenvalue weighted by Gasteiger charge is 2.28. The Kier molecular flexibility index (Phi) is 5.12. The van der Waals surface area contributed by atoms with Gasteiger partial charge in [-0.3, -0.25) is 4.90 Å². The smallest absolute Gasteiger partial charge is 0.0637 e. The minimum atomic E-state index is 0.684. The van der Waals surface area contributed by atoms with Crippen molar-refractivity contribution in [1.29, 1.82) is 0 Å². The van der Waals surface area contributed by atoms with Crippen molar-refractivity contribution in [2.24, 2.45) is 11.8 Å². The highest BCUT2D eigenvalue weighted by molar-refractivity contribution is 6.33. The highest BCUT2D eigenvalue weighted by Crippen LogP contribution is 2.26. The van der Waals surface area contributed by atoms with Gasteiger partial charge in [-0.25, -0.2) is 0 Å². The number of anilines is 1. The van der Waals surface area contributed by atoms with Crippen molar-refractivity contribution in [1.82, 2.24) is 4.90 Å². The molecule has 2 rings (SSSR count). The van der Waals surface area contributed by atoms with Crippen molar-refractivity contribution < 1.29 is 0 Å². The number of hydrogen-bond acceptors (Lipinski definition) is 2. The van der Waals surface area contributed by atoms with E-state index >= 15 is 0 Å². The fourth-order valence-corrected chi connectivity index (χ4v) is 3.27. The fourth-order valence-electron chi connectivity index (χ4n) is 3.07. The van der Waals surface area contributed by atoms with E-state index in [4.69, 9.17) is 11.6 Å². The lowest BCUT2D eigenvalue weighted by atomic mass is 9.86. The first-order chi connectivity index (χ1) is 9.08. The van der Waals surface area contributed by atoms with E-state index in [1.54, 1.807) is 0 Å². The summed E-state index contributed by atoms with van der Waals surface area (Å²) in [6.07, 6.45) is 1.36. The Morgan fingerprint density at radius 1 is 1.26 bits per heavy atom. The minimum Gasteiger partial charge on any atom is -0.383 e. The number of piperidine rings is 1. The van der Waals surface area contributed by atoms with Gasteiger partial charge in [-0.1, -0.05) is 37.6 Å². The predicted molar refractivity (Wildman–Crippen MR) is 83.9 cm³/mol. The van der Waals surface area contributed by atoms with E-state index in [9.17, 15) is 0 Å². The average molecular weight is 281 g/mol. The molecule has 3 atom stereocenters. The number of benzene rings is 1. The summed E-state index contributed by atoms with van der Waals surface area (Å²) in [5, 5.41) is 4.24. The maximum Gasteiger partial charge on any atom is 0.0637 e. The molecule has 19 heavy (non-hydrogen) atoms. The zero-order chi connectivity index (χ0) is 13.8. The predicted octanol–water partition coefficient (Wildman–Crippen LogP) is 4.12. The molecule has 1 fully saturated rings. The summed E-state index contributed by atoms with van der Waals surface area (Å²) < 4.78 is 0. The van der Waals surface area contributed by atoms with Gasteiger partial charge in [0, 0.05) is 25.7 Å². The quantitative estimate of drug-likeness (QED) is 0.893. The molecule has 1 aromatic rings. The molecule has 1 aliphatic rings. The van der Waals surface area contributed by atoms with Gasteiger partial charge in [-0.2, -0.15) is 0 Å². The van der Waals surface area contributed by atoms with E-state index in [0.717, 1.165) is 35.6 Å². The van der Waals surface area contributed by atoms with E-state index in [1.165, 1.54) is 13.0 Å². The molecule has 1 saturated heterocycles. The molecule has 0 amide bonds. The van der Waals surface area contributed by atoms with Crippen molar-refractivity contribution in [2.45, 2.75) is 33.2 Å². The third-order valence-corrected chi connectivity index (χ3v) is 4.64. The maximum absolute atomic E-state index is 6.14. The van der Waals surface area contributed by atoms with Crippen molar-refractivity contribution in [3.63, 3.8) is 0 Å². The molecule has 1 aliphatic heterocycles. The van der Waals surface area contributed by atoms with Crippen LogP contribution >= 0.6 is 11.6 Å².